The molecule has 110 valence electrons. The summed E-state index contributed by atoms with van der Waals surface area (Å²) in [5.74, 6) is 0. The van der Waals surface area contributed by atoms with Gasteiger partial charge in [-0.2, -0.15) is 0 Å². The lowest BCUT2D eigenvalue weighted by molar-refractivity contribution is 0.197. The minimum absolute atomic E-state index is 0.0251. The van der Waals surface area contributed by atoms with Gasteiger partial charge in [0.2, 0.25) is 0 Å². The molecule has 0 unspecified atom stereocenters. The lowest BCUT2D eigenvalue weighted by atomic mass is 10.1. The molecular formula is C18H22N2O. The lowest BCUT2D eigenvalue weighted by Gasteiger charge is -2.21. The van der Waals surface area contributed by atoms with Crippen molar-refractivity contribution in [2.75, 3.05) is 6.54 Å². The molecule has 2 rings (SSSR count). The van der Waals surface area contributed by atoms with Crippen LogP contribution in [-0.2, 0) is 13.1 Å². The number of carbonyl (C=O) groups is 1. The Morgan fingerprint density at radius 2 is 1.76 bits per heavy atom. The Balaban J connectivity index is 1.91. The van der Waals surface area contributed by atoms with Crippen LogP contribution in [0.15, 0.2) is 54.6 Å². The van der Waals surface area contributed by atoms with Crippen molar-refractivity contribution in [2.24, 2.45) is 0 Å². The van der Waals surface area contributed by atoms with Gasteiger partial charge in [-0.1, -0.05) is 60.2 Å². The summed E-state index contributed by atoms with van der Waals surface area (Å²) in [6.45, 7) is 5.94. The Labute approximate surface area is 126 Å². The van der Waals surface area contributed by atoms with Crippen LogP contribution in [0.4, 0.5) is 4.79 Å². The van der Waals surface area contributed by atoms with Crippen LogP contribution in [0, 0.1) is 6.92 Å². The number of nitrogens with zero attached hydrogens (tertiary/aromatic N) is 1. The quantitative estimate of drug-likeness (QED) is 0.890. The Kier molecular flexibility index (Phi) is 5.38. The third kappa shape index (κ3) is 4.63. The molecule has 0 heterocycles. The molecule has 21 heavy (non-hydrogen) atoms. The Bertz CT molecular complexity index is 581. The van der Waals surface area contributed by atoms with Crippen LogP contribution in [0.25, 0.3) is 0 Å². The normalized spacial score (nSPS) is 10.2. The van der Waals surface area contributed by atoms with E-state index in [1.165, 1.54) is 5.56 Å². The molecule has 1 N–H and O–H groups in total. The number of benzene rings is 2. The van der Waals surface area contributed by atoms with Crippen molar-refractivity contribution in [1.29, 1.82) is 0 Å². The highest BCUT2D eigenvalue weighted by atomic mass is 16.2. The number of hydrogen-bond donors (Lipinski definition) is 1. The number of carbonyl (C=O) groups excluding carboxylic acids is 1. The zero-order valence-corrected chi connectivity index (χ0v) is 12.7. The molecule has 0 aliphatic rings. The molecule has 0 saturated heterocycles. The maximum Gasteiger partial charge on any atom is 0.317 e. The molecule has 2 aromatic carbocycles. The summed E-state index contributed by atoms with van der Waals surface area (Å²) in [5, 5.41) is 2.98. The number of nitrogens with one attached hydrogen (secondary N) is 1. The first-order valence-corrected chi connectivity index (χ1v) is 7.31. The van der Waals surface area contributed by atoms with Gasteiger partial charge in [-0.05, 0) is 25.0 Å². The molecular weight excluding hydrogens is 260 g/mol. The fraction of sp³-hybridized carbons (Fsp3) is 0.278. The smallest absolute Gasteiger partial charge is 0.317 e. The van der Waals surface area contributed by atoms with Gasteiger partial charge in [0.25, 0.3) is 0 Å². The van der Waals surface area contributed by atoms with Crippen LogP contribution in [0.2, 0.25) is 0 Å². The Hall–Kier alpha value is -2.29. The molecule has 3 heteroatoms. The van der Waals surface area contributed by atoms with Crippen molar-refractivity contribution in [3.63, 3.8) is 0 Å². The topological polar surface area (TPSA) is 32.3 Å². The summed E-state index contributed by atoms with van der Waals surface area (Å²) in [5.41, 5.74) is 3.47. The van der Waals surface area contributed by atoms with Gasteiger partial charge in [0, 0.05) is 19.6 Å². The first-order chi connectivity index (χ1) is 10.2. The maximum atomic E-state index is 12.3. The summed E-state index contributed by atoms with van der Waals surface area (Å²) in [6.07, 6.45) is 0. The molecule has 0 bridgehead atoms. The predicted octanol–water partition coefficient (Wildman–Crippen LogP) is 3.73. The molecule has 0 spiro atoms. The summed E-state index contributed by atoms with van der Waals surface area (Å²) in [6, 6.07) is 18.2. The van der Waals surface area contributed by atoms with Crippen LogP contribution in [-0.4, -0.2) is 17.5 Å². The number of amides is 2. The fourth-order valence-electron chi connectivity index (χ4n) is 2.24. The largest absolute Gasteiger partial charge is 0.334 e. The summed E-state index contributed by atoms with van der Waals surface area (Å²) in [7, 11) is 0. The van der Waals surface area contributed by atoms with E-state index in [1.54, 1.807) is 0 Å². The fourth-order valence-corrected chi connectivity index (χ4v) is 2.24. The molecule has 3 nitrogen and oxygen atoms in total. The first-order valence-electron chi connectivity index (χ1n) is 7.31. The van der Waals surface area contributed by atoms with E-state index in [0.29, 0.717) is 19.6 Å². The van der Waals surface area contributed by atoms with Crippen LogP contribution >= 0.6 is 0 Å². The van der Waals surface area contributed by atoms with E-state index in [2.05, 4.69) is 24.4 Å². The van der Waals surface area contributed by atoms with Crippen molar-refractivity contribution < 1.29 is 4.79 Å². The van der Waals surface area contributed by atoms with Crippen LogP contribution in [0.3, 0.4) is 0 Å². The minimum atomic E-state index is -0.0251. The molecule has 0 atom stereocenters. The molecule has 2 amide bonds. The lowest BCUT2D eigenvalue weighted by Crippen LogP contribution is -2.39. The van der Waals surface area contributed by atoms with E-state index in [4.69, 9.17) is 0 Å². The Morgan fingerprint density at radius 3 is 2.43 bits per heavy atom. The van der Waals surface area contributed by atoms with Gasteiger partial charge in [-0.25, -0.2) is 4.79 Å². The van der Waals surface area contributed by atoms with Crippen molar-refractivity contribution in [3.8, 4) is 0 Å². The van der Waals surface area contributed by atoms with Crippen LogP contribution in [0.1, 0.15) is 23.6 Å². The van der Waals surface area contributed by atoms with E-state index in [-0.39, 0.29) is 6.03 Å². The van der Waals surface area contributed by atoms with Gasteiger partial charge in [-0.15, -0.1) is 0 Å². The second-order valence-electron chi connectivity index (χ2n) is 5.15. The predicted molar refractivity (Wildman–Crippen MR) is 85.9 cm³/mol. The number of urea groups is 1. The molecule has 0 fully saturated rings. The van der Waals surface area contributed by atoms with Crippen molar-refractivity contribution in [1.82, 2.24) is 10.2 Å². The van der Waals surface area contributed by atoms with Crippen LogP contribution in [0.5, 0.6) is 0 Å². The van der Waals surface area contributed by atoms with Crippen molar-refractivity contribution in [2.45, 2.75) is 26.9 Å². The van der Waals surface area contributed by atoms with E-state index in [0.717, 1.165) is 11.1 Å². The van der Waals surface area contributed by atoms with E-state index in [9.17, 15) is 4.79 Å². The summed E-state index contributed by atoms with van der Waals surface area (Å²) >= 11 is 0. The third-order valence-electron chi connectivity index (χ3n) is 3.41. The van der Waals surface area contributed by atoms with E-state index in [1.807, 2.05) is 54.3 Å². The molecule has 2 aromatic rings. The van der Waals surface area contributed by atoms with Gasteiger partial charge in [0.1, 0.15) is 0 Å². The Morgan fingerprint density at radius 1 is 1.05 bits per heavy atom. The van der Waals surface area contributed by atoms with E-state index < -0.39 is 0 Å². The van der Waals surface area contributed by atoms with Crippen molar-refractivity contribution >= 4 is 6.03 Å². The number of hydrogen-bond acceptors (Lipinski definition) is 1. The SMILES string of the molecule is CCN(Cc1ccccc1)C(=O)NCc1cccc(C)c1. The van der Waals surface area contributed by atoms with Crippen LogP contribution < -0.4 is 5.32 Å². The second kappa shape index (κ2) is 7.48. The molecule has 0 aromatic heterocycles. The highest BCUT2D eigenvalue weighted by Crippen LogP contribution is 2.06. The standard InChI is InChI=1S/C18H22N2O/c1-3-20(14-16-9-5-4-6-10-16)18(21)19-13-17-11-7-8-15(2)12-17/h4-12H,3,13-14H2,1-2H3,(H,19,21). The highest BCUT2D eigenvalue weighted by Gasteiger charge is 2.11. The number of aryl methyl sites for hydroxylation is 1. The van der Waals surface area contributed by atoms with E-state index >= 15 is 0 Å². The van der Waals surface area contributed by atoms with Gasteiger partial charge < -0.3 is 10.2 Å². The molecule has 0 aliphatic heterocycles. The average molecular weight is 282 g/mol. The average Bonchev–Trinajstić information content (AvgIpc) is 2.51. The first kappa shape index (κ1) is 15.1. The molecule has 0 radical (unpaired) electrons. The summed E-state index contributed by atoms with van der Waals surface area (Å²) in [4.78, 5) is 14.1. The van der Waals surface area contributed by atoms with Gasteiger partial charge in [0.15, 0.2) is 0 Å². The van der Waals surface area contributed by atoms with Gasteiger partial charge in [-0.3, -0.25) is 0 Å². The highest BCUT2D eigenvalue weighted by molar-refractivity contribution is 5.74. The van der Waals surface area contributed by atoms with Gasteiger partial charge >= 0.3 is 6.03 Å². The van der Waals surface area contributed by atoms with Gasteiger partial charge in [0.05, 0.1) is 0 Å². The third-order valence-corrected chi connectivity index (χ3v) is 3.41. The molecule has 0 saturated carbocycles. The minimum Gasteiger partial charge on any atom is -0.334 e. The summed E-state index contributed by atoms with van der Waals surface area (Å²) < 4.78 is 0. The zero-order valence-electron chi connectivity index (χ0n) is 12.7. The maximum absolute atomic E-state index is 12.3. The monoisotopic (exact) mass is 282 g/mol. The molecule has 0 aliphatic carbocycles. The zero-order chi connectivity index (χ0) is 15.1. The van der Waals surface area contributed by atoms with Crippen molar-refractivity contribution in [3.05, 3.63) is 71.3 Å². The number of rotatable bonds is 5. The second-order valence-corrected chi connectivity index (χ2v) is 5.15.